The lowest BCUT2D eigenvalue weighted by atomic mass is 10.2. The molecule has 0 radical (unpaired) electrons. The molecule has 0 fully saturated rings. The van der Waals surface area contributed by atoms with E-state index in [1.54, 1.807) is 29.4 Å². The fourth-order valence-corrected chi connectivity index (χ4v) is 1.39. The Labute approximate surface area is 87.6 Å². The van der Waals surface area contributed by atoms with Crippen LogP contribution in [0.2, 0.25) is 0 Å². The largest absolute Gasteiger partial charge is 0.274 e. The third kappa shape index (κ3) is 1.79. The molecule has 0 aliphatic rings. The summed E-state index contributed by atoms with van der Waals surface area (Å²) >= 11 is 0. The van der Waals surface area contributed by atoms with E-state index in [-0.39, 0.29) is 5.91 Å². The second-order valence-electron chi connectivity index (χ2n) is 3.10. The van der Waals surface area contributed by atoms with Gasteiger partial charge in [0.05, 0.1) is 0 Å². The van der Waals surface area contributed by atoms with Gasteiger partial charge in [-0.25, -0.2) is 4.98 Å². The van der Waals surface area contributed by atoms with Crippen molar-refractivity contribution in [3.63, 3.8) is 0 Å². The lowest BCUT2D eigenvalue weighted by molar-refractivity contribution is 0.0910. The van der Waals surface area contributed by atoms with Crippen molar-refractivity contribution in [2.24, 2.45) is 0 Å². The standard InChI is InChI=1S/C11H11N3O/c1-2-10(15)14-8-7-13-11(14)9-3-5-12-6-4-9/h3-8H,2H2,1H3. The molecule has 0 aliphatic heterocycles. The summed E-state index contributed by atoms with van der Waals surface area (Å²) in [6.45, 7) is 1.83. The summed E-state index contributed by atoms with van der Waals surface area (Å²) < 4.78 is 1.56. The predicted octanol–water partition coefficient (Wildman–Crippen LogP) is 2.00. The highest BCUT2D eigenvalue weighted by molar-refractivity contribution is 5.82. The van der Waals surface area contributed by atoms with Crippen LogP contribution in [0, 0.1) is 0 Å². The summed E-state index contributed by atoms with van der Waals surface area (Å²) in [5.74, 6) is 0.712. The lowest BCUT2D eigenvalue weighted by Crippen LogP contribution is -2.09. The van der Waals surface area contributed by atoms with Gasteiger partial charge in [-0.1, -0.05) is 6.92 Å². The lowest BCUT2D eigenvalue weighted by Gasteiger charge is -2.04. The minimum Gasteiger partial charge on any atom is -0.274 e. The molecular weight excluding hydrogens is 190 g/mol. The van der Waals surface area contributed by atoms with Crippen molar-refractivity contribution in [3.05, 3.63) is 36.9 Å². The molecule has 2 aromatic heterocycles. The summed E-state index contributed by atoms with van der Waals surface area (Å²) in [5.41, 5.74) is 0.900. The maximum Gasteiger partial charge on any atom is 0.232 e. The summed E-state index contributed by atoms with van der Waals surface area (Å²) in [5, 5.41) is 0. The second kappa shape index (κ2) is 4.04. The van der Waals surface area contributed by atoms with Gasteiger partial charge in [-0.3, -0.25) is 14.3 Å². The van der Waals surface area contributed by atoms with E-state index in [1.807, 2.05) is 19.1 Å². The molecule has 0 bridgehead atoms. The normalized spacial score (nSPS) is 10.2. The summed E-state index contributed by atoms with van der Waals surface area (Å²) in [4.78, 5) is 19.7. The zero-order valence-electron chi connectivity index (χ0n) is 8.42. The van der Waals surface area contributed by atoms with Gasteiger partial charge in [-0.15, -0.1) is 0 Å². The first-order chi connectivity index (χ1) is 7.33. The zero-order chi connectivity index (χ0) is 10.7. The maximum absolute atomic E-state index is 11.6. The van der Waals surface area contributed by atoms with Crippen molar-refractivity contribution in [2.45, 2.75) is 13.3 Å². The van der Waals surface area contributed by atoms with Crippen LogP contribution in [0.3, 0.4) is 0 Å². The molecular formula is C11H11N3O. The first-order valence-electron chi connectivity index (χ1n) is 4.80. The smallest absolute Gasteiger partial charge is 0.232 e. The van der Waals surface area contributed by atoms with Crippen molar-refractivity contribution < 1.29 is 4.79 Å². The van der Waals surface area contributed by atoms with Gasteiger partial charge in [0.15, 0.2) is 0 Å². The van der Waals surface area contributed by atoms with E-state index in [0.717, 1.165) is 5.56 Å². The molecule has 0 atom stereocenters. The Bertz CT molecular complexity index is 462. The number of nitrogens with zero attached hydrogens (tertiary/aromatic N) is 3. The van der Waals surface area contributed by atoms with E-state index >= 15 is 0 Å². The molecule has 2 rings (SSSR count). The number of imidazole rings is 1. The molecule has 0 aromatic carbocycles. The van der Waals surface area contributed by atoms with Crippen LogP contribution in [-0.2, 0) is 0 Å². The predicted molar refractivity (Wildman–Crippen MR) is 56.4 cm³/mol. The first kappa shape index (κ1) is 9.58. The van der Waals surface area contributed by atoms with E-state index in [4.69, 9.17) is 0 Å². The molecule has 2 heterocycles. The van der Waals surface area contributed by atoms with Crippen molar-refractivity contribution in [3.8, 4) is 11.4 Å². The molecule has 76 valence electrons. The van der Waals surface area contributed by atoms with E-state index in [0.29, 0.717) is 12.2 Å². The van der Waals surface area contributed by atoms with E-state index in [9.17, 15) is 4.79 Å². The van der Waals surface area contributed by atoms with Crippen LogP contribution in [0.1, 0.15) is 18.1 Å². The third-order valence-electron chi connectivity index (χ3n) is 2.15. The second-order valence-corrected chi connectivity index (χ2v) is 3.10. The fourth-order valence-electron chi connectivity index (χ4n) is 1.39. The van der Waals surface area contributed by atoms with Gasteiger partial charge in [-0.2, -0.15) is 0 Å². The average Bonchev–Trinajstić information content (AvgIpc) is 2.78. The average molecular weight is 201 g/mol. The van der Waals surface area contributed by atoms with Gasteiger partial charge in [0.1, 0.15) is 5.82 Å². The summed E-state index contributed by atoms with van der Waals surface area (Å²) in [6, 6.07) is 3.67. The van der Waals surface area contributed by atoms with Gasteiger partial charge >= 0.3 is 0 Å². The SMILES string of the molecule is CCC(=O)n1ccnc1-c1ccncc1. The monoisotopic (exact) mass is 201 g/mol. The van der Waals surface area contributed by atoms with Crippen molar-refractivity contribution in [1.29, 1.82) is 0 Å². The number of rotatable bonds is 2. The highest BCUT2D eigenvalue weighted by Crippen LogP contribution is 2.16. The Morgan fingerprint density at radius 3 is 2.73 bits per heavy atom. The quantitative estimate of drug-likeness (QED) is 0.746. The fraction of sp³-hybridized carbons (Fsp3) is 0.182. The van der Waals surface area contributed by atoms with Gasteiger partial charge < -0.3 is 0 Å². The van der Waals surface area contributed by atoms with Gasteiger partial charge in [0.25, 0.3) is 0 Å². The van der Waals surface area contributed by atoms with Crippen LogP contribution >= 0.6 is 0 Å². The number of hydrogen-bond acceptors (Lipinski definition) is 3. The minimum atomic E-state index is 0.0410. The number of carbonyl (C=O) groups excluding carboxylic acids is 1. The number of carbonyl (C=O) groups is 1. The molecule has 4 nitrogen and oxygen atoms in total. The van der Waals surface area contributed by atoms with Crippen molar-refractivity contribution >= 4 is 5.91 Å². The molecule has 0 spiro atoms. The molecule has 0 saturated heterocycles. The van der Waals surface area contributed by atoms with Gasteiger partial charge in [0.2, 0.25) is 5.91 Å². The van der Waals surface area contributed by atoms with Crippen LogP contribution in [0.4, 0.5) is 0 Å². The molecule has 0 unspecified atom stereocenters. The van der Waals surface area contributed by atoms with Crippen LogP contribution in [0.15, 0.2) is 36.9 Å². The molecule has 4 heteroatoms. The van der Waals surface area contributed by atoms with Crippen LogP contribution < -0.4 is 0 Å². The Kier molecular flexibility index (Phi) is 2.58. The minimum absolute atomic E-state index is 0.0410. The molecule has 0 amide bonds. The Balaban J connectivity index is 2.46. The van der Waals surface area contributed by atoms with Crippen LogP contribution in [0.5, 0.6) is 0 Å². The molecule has 0 saturated carbocycles. The van der Waals surface area contributed by atoms with Crippen LogP contribution in [-0.4, -0.2) is 20.4 Å². The molecule has 15 heavy (non-hydrogen) atoms. The van der Waals surface area contributed by atoms with Gasteiger partial charge in [-0.05, 0) is 12.1 Å². The Morgan fingerprint density at radius 1 is 1.33 bits per heavy atom. The van der Waals surface area contributed by atoms with Crippen molar-refractivity contribution in [2.75, 3.05) is 0 Å². The highest BCUT2D eigenvalue weighted by atomic mass is 16.2. The maximum atomic E-state index is 11.6. The van der Waals surface area contributed by atoms with E-state index in [1.165, 1.54) is 0 Å². The number of pyridine rings is 1. The highest BCUT2D eigenvalue weighted by Gasteiger charge is 2.09. The third-order valence-corrected chi connectivity index (χ3v) is 2.15. The molecule has 0 aliphatic carbocycles. The van der Waals surface area contributed by atoms with Crippen molar-refractivity contribution in [1.82, 2.24) is 14.5 Å². The van der Waals surface area contributed by atoms with Gasteiger partial charge in [0, 0.05) is 36.8 Å². The van der Waals surface area contributed by atoms with E-state index in [2.05, 4.69) is 9.97 Å². The van der Waals surface area contributed by atoms with Crippen LogP contribution in [0.25, 0.3) is 11.4 Å². The summed E-state index contributed by atoms with van der Waals surface area (Å²) in [7, 11) is 0. The Morgan fingerprint density at radius 2 is 2.07 bits per heavy atom. The molecule has 0 N–H and O–H groups in total. The zero-order valence-corrected chi connectivity index (χ0v) is 8.42. The topological polar surface area (TPSA) is 47.8 Å². The first-order valence-corrected chi connectivity index (χ1v) is 4.80. The summed E-state index contributed by atoms with van der Waals surface area (Å²) in [6.07, 6.45) is 7.15. The Hall–Kier alpha value is -1.97. The molecule has 2 aromatic rings. The number of hydrogen-bond donors (Lipinski definition) is 0. The van der Waals surface area contributed by atoms with E-state index < -0.39 is 0 Å². The number of aromatic nitrogens is 3.